The van der Waals surface area contributed by atoms with Gasteiger partial charge in [0.2, 0.25) is 5.91 Å². The number of nitrogens with one attached hydrogen (secondary N) is 1. The zero-order valence-electron chi connectivity index (χ0n) is 14.9. The number of para-hydroxylation sites is 2. The third-order valence-corrected chi connectivity index (χ3v) is 4.94. The van der Waals surface area contributed by atoms with Gasteiger partial charge < -0.3 is 14.6 Å². The summed E-state index contributed by atoms with van der Waals surface area (Å²) in [6.45, 7) is 1.19. The maximum Gasteiger partial charge on any atom is 0.223 e. The van der Waals surface area contributed by atoms with Crippen LogP contribution in [-0.4, -0.2) is 62.1 Å². The van der Waals surface area contributed by atoms with E-state index in [4.69, 9.17) is 4.74 Å². The van der Waals surface area contributed by atoms with Crippen LogP contribution in [0, 0.1) is 0 Å². The van der Waals surface area contributed by atoms with E-state index >= 15 is 0 Å². The lowest BCUT2D eigenvalue weighted by Gasteiger charge is -2.15. The number of H-pyrrole nitrogens is 1. The maximum atomic E-state index is 12.7. The second-order valence-corrected chi connectivity index (χ2v) is 6.70. The first-order valence-electron chi connectivity index (χ1n) is 8.74. The molecule has 0 aliphatic carbocycles. The SMILES string of the molecule is CO[C@@H]1CN(C(=O)CCc2nc3ccccc3[nH]2)C[C@H]1c1cn(C)nn1. The second kappa shape index (κ2) is 6.87. The van der Waals surface area contributed by atoms with Crippen molar-refractivity contribution < 1.29 is 9.53 Å². The summed E-state index contributed by atoms with van der Waals surface area (Å²) >= 11 is 0. The van der Waals surface area contributed by atoms with E-state index in [1.54, 1.807) is 11.8 Å². The summed E-state index contributed by atoms with van der Waals surface area (Å²) < 4.78 is 7.26. The van der Waals surface area contributed by atoms with E-state index in [9.17, 15) is 4.79 Å². The number of rotatable bonds is 5. The lowest BCUT2D eigenvalue weighted by molar-refractivity contribution is -0.130. The fraction of sp³-hybridized carbons (Fsp3) is 0.444. The van der Waals surface area contributed by atoms with Gasteiger partial charge in [0.15, 0.2) is 0 Å². The summed E-state index contributed by atoms with van der Waals surface area (Å²) in [6.07, 6.45) is 2.85. The van der Waals surface area contributed by atoms with Crippen LogP contribution in [-0.2, 0) is 23.0 Å². The third kappa shape index (κ3) is 3.20. The highest BCUT2D eigenvalue weighted by Crippen LogP contribution is 2.28. The lowest BCUT2D eigenvalue weighted by Crippen LogP contribution is -2.30. The largest absolute Gasteiger partial charge is 0.379 e. The number of carbonyl (C=O) groups is 1. The highest BCUT2D eigenvalue weighted by atomic mass is 16.5. The van der Waals surface area contributed by atoms with Crippen molar-refractivity contribution in [1.82, 2.24) is 29.9 Å². The number of fused-ring (bicyclic) bond motifs is 1. The van der Waals surface area contributed by atoms with Crippen LogP contribution in [0.1, 0.15) is 23.9 Å². The van der Waals surface area contributed by atoms with E-state index in [0.717, 1.165) is 22.6 Å². The molecule has 1 N–H and O–H groups in total. The average molecular weight is 354 g/mol. The molecule has 1 aliphatic heterocycles. The monoisotopic (exact) mass is 354 g/mol. The minimum atomic E-state index is -0.0538. The minimum Gasteiger partial charge on any atom is -0.379 e. The number of hydrogen-bond donors (Lipinski definition) is 1. The Labute approximate surface area is 151 Å². The quantitative estimate of drug-likeness (QED) is 0.745. The number of ether oxygens (including phenoxy) is 1. The van der Waals surface area contributed by atoms with Gasteiger partial charge in [0.25, 0.3) is 0 Å². The Bertz CT molecular complexity index is 884. The summed E-state index contributed by atoms with van der Waals surface area (Å²) in [5.74, 6) is 1.01. The third-order valence-electron chi connectivity index (χ3n) is 4.94. The van der Waals surface area contributed by atoms with E-state index in [1.165, 1.54) is 0 Å². The van der Waals surface area contributed by atoms with Crippen molar-refractivity contribution in [3.63, 3.8) is 0 Å². The summed E-state index contributed by atoms with van der Waals surface area (Å²) in [5.41, 5.74) is 2.79. The van der Waals surface area contributed by atoms with E-state index in [1.807, 2.05) is 42.4 Å². The van der Waals surface area contributed by atoms with Gasteiger partial charge in [0.05, 0.1) is 28.7 Å². The molecular weight excluding hydrogens is 332 g/mol. The Balaban J connectivity index is 1.40. The molecule has 0 saturated carbocycles. The van der Waals surface area contributed by atoms with Gasteiger partial charge in [-0.15, -0.1) is 5.10 Å². The van der Waals surface area contributed by atoms with Crippen LogP contribution in [0.2, 0.25) is 0 Å². The molecule has 0 radical (unpaired) electrons. The Morgan fingerprint density at radius 2 is 2.19 bits per heavy atom. The standard InChI is InChI=1S/C18H22N6O2/c1-23-10-15(21-22-23)12-9-24(11-16(12)26-2)18(25)8-7-17-19-13-5-3-4-6-14(13)20-17/h3-6,10,12,16H,7-9,11H2,1-2H3,(H,19,20)/t12-,16+/m0/s1. The van der Waals surface area contributed by atoms with Crippen molar-refractivity contribution in [3.8, 4) is 0 Å². The van der Waals surface area contributed by atoms with Gasteiger partial charge >= 0.3 is 0 Å². The molecule has 8 heteroatoms. The number of carbonyl (C=O) groups excluding carboxylic acids is 1. The second-order valence-electron chi connectivity index (χ2n) is 6.70. The molecule has 1 aliphatic rings. The molecule has 1 saturated heterocycles. The first-order valence-corrected chi connectivity index (χ1v) is 8.74. The van der Waals surface area contributed by atoms with Crippen molar-refractivity contribution in [2.75, 3.05) is 20.2 Å². The van der Waals surface area contributed by atoms with Gasteiger partial charge in [-0.25, -0.2) is 4.98 Å². The molecule has 2 atom stereocenters. The van der Waals surface area contributed by atoms with Crippen molar-refractivity contribution in [3.05, 3.63) is 42.0 Å². The Morgan fingerprint density at radius 1 is 1.35 bits per heavy atom. The average Bonchev–Trinajstić information content (AvgIpc) is 3.36. The molecular formula is C18H22N6O2. The Morgan fingerprint density at radius 3 is 2.92 bits per heavy atom. The molecule has 136 valence electrons. The molecule has 3 aromatic rings. The molecule has 0 unspecified atom stereocenters. The van der Waals surface area contributed by atoms with Gasteiger partial charge in [-0.1, -0.05) is 17.3 Å². The Hall–Kier alpha value is -2.74. The van der Waals surface area contributed by atoms with Gasteiger partial charge in [-0.05, 0) is 12.1 Å². The molecule has 8 nitrogen and oxygen atoms in total. The minimum absolute atomic E-state index is 0.0538. The van der Waals surface area contributed by atoms with E-state index in [-0.39, 0.29) is 17.9 Å². The smallest absolute Gasteiger partial charge is 0.223 e. The van der Waals surface area contributed by atoms with Crippen LogP contribution in [0.5, 0.6) is 0 Å². The topological polar surface area (TPSA) is 88.9 Å². The summed E-state index contributed by atoms with van der Waals surface area (Å²) in [4.78, 5) is 22.3. The molecule has 0 spiro atoms. The van der Waals surface area contributed by atoms with Crippen LogP contribution in [0.15, 0.2) is 30.5 Å². The number of aryl methyl sites for hydroxylation is 2. The molecule has 3 heterocycles. The van der Waals surface area contributed by atoms with Crippen molar-refractivity contribution in [2.45, 2.75) is 24.9 Å². The highest BCUT2D eigenvalue weighted by molar-refractivity contribution is 5.78. The number of hydrogen-bond acceptors (Lipinski definition) is 5. The zero-order chi connectivity index (χ0) is 18.1. The molecule has 1 amide bonds. The van der Waals surface area contributed by atoms with Gasteiger partial charge in [0.1, 0.15) is 5.82 Å². The molecule has 1 fully saturated rings. The number of imidazole rings is 1. The molecule has 26 heavy (non-hydrogen) atoms. The number of likely N-dealkylation sites (tertiary alicyclic amines) is 1. The Kier molecular flexibility index (Phi) is 4.42. The molecule has 1 aromatic carbocycles. The first kappa shape index (κ1) is 16.7. The number of aromatic nitrogens is 5. The number of methoxy groups -OCH3 is 1. The van der Waals surface area contributed by atoms with Crippen LogP contribution in [0.4, 0.5) is 0 Å². The summed E-state index contributed by atoms with van der Waals surface area (Å²) in [7, 11) is 3.51. The van der Waals surface area contributed by atoms with Gasteiger partial charge in [-0.2, -0.15) is 0 Å². The van der Waals surface area contributed by atoms with E-state index in [2.05, 4.69) is 20.3 Å². The van der Waals surface area contributed by atoms with E-state index in [0.29, 0.717) is 25.9 Å². The number of aromatic amines is 1. The van der Waals surface area contributed by atoms with Crippen LogP contribution < -0.4 is 0 Å². The maximum absolute atomic E-state index is 12.7. The first-order chi connectivity index (χ1) is 12.6. The van der Waals surface area contributed by atoms with E-state index < -0.39 is 0 Å². The zero-order valence-corrected chi connectivity index (χ0v) is 14.9. The molecule has 2 aromatic heterocycles. The van der Waals surface area contributed by atoms with Gasteiger partial charge in [-0.3, -0.25) is 9.48 Å². The lowest BCUT2D eigenvalue weighted by atomic mass is 10.0. The normalized spacial score (nSPS) is 20.2. The van der Waals surface area contributed by atoms with Crippen LogP contribution in [0.3, 0.4) is 0 Å². The van der Waals surface area contributed by atoms with Crippen molar-refractivity contribution >= 4 is 16.9 Å². The fourth-order valence-corrected chi connectivity index (χ4v) is 3.54. The molecule has 0 bridgehead atoms. The van der Waals surface area contributed by atoms with Crippen LogP contribution >= 0.6 is 0 Å². The molecule has 4 rings (SSSR count). The predicted molar refractivity (Wildman–Crippen MR) is 95.5 cm³/mol. The predicted octanol–water partition coefficient (Wildman–Crippen LogP) is 1.26. The van der Waals surface area contributed by atoms with Crippen LogP contribution in [0.25, 0.3) is 11.0 Å². The highest BCUT2D eigenvalue weighted by Gasteiger charge is 2.37. The fourth-order valence-electron chi connectivity index (χ4n) is 3.54. The summed E-state index contributed by atoms with van der Waals surface area (Å²) in [6, 6.07) is 7.88. The number of amides is 1. The van der Waals surface area contributed by atoms with Crippen molar-refractivity contribution in [1.29, 1.82) is 0 Å². The number of benzene rings is 1. The number of nitrogens with zero attached hydrogens (tertiary/aromatic N) is 5. The summed E-state index contributed by atoms with van der Waals surface area (Å²) in [5, 5.41) is 8.18. The van der Waals surface area contributed by atoms with Gasteiger partial charge in [0, 0.05) is 46.3 Å². The van der Waals surface area contributed by atoms with Crippen molar-refractivity contribution in [2.24, 2.45) is 7.05 Å².